The Labute approximate surface area is 126 Å². The monoisotopic (exact) mass is 299 g/mol. The number of nitrogens with zero attached hydrogens (tertiary/aromatic N) is 2. The Morgan fingerprint density at radius 1 is 1.11 bits per heavy atom. The summed E-state index contributed by atoms with van der Waals surface area (Å²) in [5, 5.41) is 10.9. The van der Waals surface area contributed by atoms with Crippen molar-refractivity contribution in [1.82, 2.24) is 5.01 Å². The van der Waals surface area contributed by atoms with E-state index in [0.717, 1.165) is 25.1 Å². The highest BCUT2D eigenvalue weighted by Gasteiger charge is 2.39. The minimum absolute atomic E-state index is 0. The molecule has 104 valence electrons. The third-order valence-corrected chi connectivity index (χ3v) is 4.32. The van der Waals surface area contributed by atoms with E-state index in [1.807, 2.05) is 11.1 Å². The van der Waals surface area contributed by atoms with Gasteiger partial charge in [0.05, 0.1) is 11.6 Å². The standard InChI is InChI=1S/C14H17N3.2ClH/c15-10-11-1-2-12-8-14(9-13(12)7-11)3-5-17(16)6-4-14;;/h1-2,7H,3-6,8-9,16H2;2*1H. The first-order valence-corrected chi connectivity index (χ1v) is 6.22. The molecule has 0 radical (unpaired) electrons. The fraction of sp³-hybridized carbons (Fsp3) is 0.500. The lowest BCUT2D eigenvalue weighted by Crippen LogP contribution is -2.44. The summed E-state index contributed by atoms with van der Waals surface area (Å²) in [4.78, 5) is 0. The van der Waals surface area contributed by atoms with Crippen LogP contribution in [-0.4, -0.2) is 18.1 Å². The van der Waals surface area contributed by atoms with Crippen molar-refractivity contribution in [3.8, 4) is 6.07 Å². The number of nitrogens with two attached hydrogens (primary N) is 1. The van der Waals surface area contributed by atoms with Crippen LogP contribution in [0.1, 0.15) is 29.5 Å². The van der Waals surface area contributed by atoms with Gasteiger partial charge in [0.1, 0.15) is 0 Å². The maximum atomic E-state index is 8.93. The Morgan fingerprint density at radius 2 is 1.74 bits per heavy atom. The maximum absolute atomic E-state index is 8.93. The van der Waals surface area contributed by atoms with Crippen LogP contribution in [-0.2, 0) is 12.8 Å². The van der Waals surface area contributed by atoms with Crippen LogP contribution in [0.3, 0.4) is 0 Å². The van der Waals surface area contributed by atoms with Gasteiger partial charge in [-0.2, -0.15) is 5.26 Å². The van der Waals surface area contributed by atoms with E-state index in [1.165, 1.54) is 30.4 Å². The Balaban J connectivity index is 0.000000902. The molecule has 19 heavy (non-hydrogen) atoms. The predicted octanol–water partition coefficient (Wildman–Crippen LogP) is 2.46. The summed E-state index contributed by atoms with van der Waals surface area (Å²) in [6, 6.07) is 8.37. The topological polar surface area (TPSA) is 53.0 Å². The molecular formula is C14H19Cl2N3. The molecule has 5 heteroatoms. The zero-order valence-electron chi connectivity index (χ0n) is 10.8. The molecular weight excluding hydrogens is 281 g/mol. The van der Waals surface area contributed by atoms with Crippen LogP contribution in [0.5, 0.6) is 0 Å². The molecule has 0 aromatic heterocycles. The van der Waals surface area contributed by atoms with Crippen molar-refractivity contribution < 1.29 is 0 Å². The third-order valence-electron chi connectivity index (χ3n) is 4.32. The highest BCUT2D eigenvalue weighted by Crippen LogP contribution is 2.44. The number of hydrogen-bond acceptors (Lipinski definition) is 3. The number of piperidine rings is 1. The summed E-state index contributed by atoms with van der Waals surface area (Å²) in [5.74, 6) is 5.83. The van der Waals surface area contributed by atoms with Crippen LogP contribution in [0.2, 0.25) is 0 Å². The molecule has 1 spiro atoms. The lowest BCUT2D eigenvalue weighted by atomic mass is 9.76. The predicted molar refractivity (Wildman–Crippen MR) is 80.5 cm³/mol. The number of halogens is 2. The Hall–Kier alpha value is -0.790. The summed E-state index contributed by atoms with van der Waals surface area (Å²) in [6.45, 7) is 2.00. The van der Waals surface area contributed by atoms with Crippen LogP contribution < -0.4 is 5.84 Å². The second-order valence-electron chi connectivity index (χ2n) is 5.48. The number of fused-ring (bicyclic) bond motifs is 1. The van der Waals surface area contributed by atoms with E-state index in [1.54, 1.807) is 0 Å². The highest BCUT2D eigenvalue weighted by atomic mass is 35.5. The van der Waals surface area contributed by atoms with Crippen molar-refractivity contribution in [2.75, 3.05) is 13.1 Å². The first-order chi connectivity index (χ1) is 8.21. The molecule has 1 aliphatic heterocycles. The van der Waals surface area contributed by atoms with Crippen molar-refractivity contribution in [2.45, 2.75) is 25.7 Å². The summed E-state index contributed by atoms with van der Waals surface area (Å²) < 4.78 is 0. The van der Waals surface area contributed by atoms with E-state index in [9.17, 15) is 0 Å². The van der Waals surface area contributed by atoms with Crippen LogP contribution in [0.25, 0.3) is 0 Å². The molecule has 2 N–H and O–H groups in total. The van der Waals surface area contributed by atoms with Gasteiger partial charge in [0.15, 0.2) is 0 Å². The van der Waals surface area contributed by atoms with Crippen LogP contribution in [0.4, 0.5) is 0 Å². The van der Waals surface area contributed by atoms with E-state index < -0.39 is 0 Å². The molecule has 3 rings (SSSR count). The lowest BCUT2D eigenvalue weighted by Gasteiger charge is -2.37. The number of hydrazine groups is 1. The van der Waals surface area contributed by atoms with E-state index in [4.69, 9.17) is 11.1 Å². The van der Waals surface area contributed by atoms with Gasteiger partial charge in [-0.05, 0) is 54.4 Å². The molecule has 1 heterocycles. The molecule has 1 aromatic carbocycles. The van der Waals surface area contributed by atoms with Crippen LogP contribution in [0.15, 0.2) is 18.2 Å². The van der Waals surface area contributed by atoms with E-state index in [2.05, 4.69) is 18.2 Å². The lowest BCUT2D eigenvalue weighted by molar-refractivity contribution is 0.112. The molecule has 0 unspecified atom stereocenters. The number of hydrogen-bond donors (Lipinski definition) is 1. The summed E-state index contributed by atoms with van der Waals surface area (Å²) >= 11 is 0. The average Bonchev–Trinajstić information content (AvgIpc) is 2.70. The molecule has 1 saturated heterocycles. The fourth-order valence-electron chi connectivity index (χ4n) is 3.25. The smallest absolute Gasteiger partial charge is 0.0991 e. The first kappa shape index (κ1) is 16.3. The van der Waals surface area contributed by atoms with Gasteiger partial charge in [-0.15, -0.1) is 24.8 Å². The minimum atomic E-state index is 0. The largest absolute Gasteiger partial charge is 0.269 e. The number of nitriles is 1. The van der Waals surface area contributed by atoms with Crippen molar-refractivity contribution in [3.05, 3.63) is 34.9 Å². The van der Waals surface area contributed by atoms with E-state index >= 15 is 0 Å². The molecule has 1 aliphatic carbocycles. The van der Waals surface area contributed by atoms with Crippen molar-refractivity contribution >= 4 is 24.8 Å². The van der Waals surface area contributed by atoms with Gasteiger partial charge in [-0.1, -0.05) is 6.07 Å². The summed E-state index contributed by atoms with van der Waals surface area (Å²) in [6.07, 6.45) is 4.66. The van der Waals surface area contributed by atoms with Crippen LogP contribution in [0, 0.1) is 16.7 Å². The van der Waals surface area contributed by atoms with Crippen LogP contribution >= 0.6 is 24.8 Å². The normalized spacial score (nSPS) is 20.0. The zero-order chi connectivity index (χ0) is 11.9. The molecule has 0 amide bonds. The molecule has 1 aromatic rings. The number of rotatable bonds is 0. The van der Waals surface area contributed by atoms with Gasteiger partial charge in [0.2, 0.25) is 0 Å². The molecule has 0 saturated carbocycles. The molecule has 0 bridgehead atoms. The zero-order valence-corrected chi connectivity index (χ0v) is 12.4. The third kappa shape index (κ3) is 3.04. The van der Waals surface area contributed by atoms with E-state index in [-0.39, 0.29) is 24.8 Å². The second-order valence-corrected chi connectivity index (χ2v) is 5.48. The summed E-state index contributed by atoms with van der Waals surface area (Å²) in [7, 11) is 0. The molecule has 3 nitrogen and oxygen atoms in total. The van der Waals surface area contributed by atoms with Gasteiger partial charge in [0.25, 0.3) is 0 Å². The minimum Gasteiger partial charge on any atom is -0.269 e. The highest BCUT2D eigenvalue weighted by molar-refractivity contribution is 5.85. The fourth-order valence-corrected chi connectivity index (χ4v) is 3.25. The Kier molecular flexibility index (Phi) is 5.23. The second kappa shape index (κ2) is 6.11. The summed E-state index contributed by atoms with van der Waals surface area (Å²) in [5.41, 5.74) is 4.03. The van der Waals surface area contributed by atoms with Crippen molar-refractivity contribution in [2.24, 2.45) is 11.3 Å². The molecule has 2 aliphatic rings. The molecule has 1 fully saturated rings. The average molecular weight is 300 g/mol. The Bertz CT molecular complexity index is 488. The van der Waals surface area contributed by atoms with Gasteiger partial charge < -0.3 is 0 Å². The van der Waals surface area contributed by atoms with Crippen molar-refractivity contribution in [3.63, 3.8) is 0 Å². The van der Waals surface area contributed by atoms with Gasteiger partial charge >= 0.3 is 0 Å². The quantitative estimate of drug-likeness (QED) is 0.749. The first-order valence-electron chi connectivity index (χ1n) is 6.22. The number of benzene rings is 1. The molecule has 0 atom stereocenters. The van der Waals surface area contributed by atoms with Gasteiger partial charge in [0, 0.05) is 13.1 Å². The SMILES string of the molecule is Cl.Cl.N#Cc1ccc2c(c1)CC1(CCN(N)CC1)C2. The van der Waals surface area contributed by atoms with Gasteiger partial charge in [-0.25, -0.2) is 5.01 Å². The Morgan fingerprint density at radius 3 is 2.37 bits per heavy atom. The van der Waals surface area contributed by atoms with E-state index in [0.29, 0.717) is 5.41 Å². The van der Waals surface area contributed by atoms with Crippen molar-refractivity contribution in [1.29, 1.82) is 5.26 Å². The van der Waals surface area contributed by atoms with Gasteiger partial charge in [-0.3, -0.25) is 5.84 Å². The maximum Gasteiger partial charge on any atom is 0.0991 e.